The van der Waals surface area contributed by atoms with E-state index < -0.39 is 0 Å². The van der Waals surface area contributed by atoms with Gasteiger partial charge >= 0.3 is 69.4 Å². The zero-order valence-corrected chi connectivity index (χ0v) is 7.38. The van der Waals surface area contributed by atoms with Crippen molar-refractivity contribution in [3.63, 3.8) is 0 Å². The third kappa shape index (κ3) is 2.92. The third-order valence-corrected chi connectivity index (χ3v) is 1.79. The van der Waals surface area contributed by atoms with Crippen LogP contribution in [0.4, 0.5) is 0 Å². The van der Waals surface area contributed by atoms with E-state index in [1.807, 2.05) is 6.08 Å². The summed E-state index contributed by atoms with van der Waals surface area (Å²) >= 11 is 0. The van der Waals surface area contributed by atoms with Crippen molar-refractivity contribution in [3.05, 3.63) is 12.3 Å². The number of nitrogens with zero attached hydrogens (tertiary/aromatic N) is 1. The number of hydrogen-bond acceptors (Lipinski definition) is 1. The van der Waals surface area contributed by atoms with Crippen LogP contribution in [0.2, 0.25) is 0 Å². The molecule has 0 aliphatic carbocycles. The maximum atomic E-state index is 5.63. The van der Waals surface area contributed by atoms with E-state index >= 15 is 0 Å². The van der Waals surface area contributed by atoms with E-state index in [0.717, 1.165) is 30.9 Å². The van der Waals surface area contributed by atoms with Crippen LogP contribution in [-0.2, 0) is 0 Å². The van der Waals surface area contributed by atoms with Gasteiger partial charge < -0.3 is 0 Å². The Morgan fingerprint density at radius 3 is 2.82 bits per heavy atom. The Hall–Kier alpha value is -0.525. The molecule has 0 bridgehead atoms. The molecule has 1 radical (unpaired) electrons. The first-order valence-corrected chi connectivity index (χ1v) is 4.22. The molecule has 11 heavy (non-hydrogen) atoms. The second-order valence-electron chi connectivity index (χ2n) is 3.53. The summed E-state index contributed by atoms with van der Waals surface area (Å²) in [6.45, 7) is 6.69. The maximum absolute atomic E-state index is 5.63. The van der Waals surface area contributed by atoms with Gasteiger partial charge in [-0.3, -0.25) is 0 Å². The van der Waals surface area contributed by atoms with Gasteiger partial charge in [0.05, 0.1) is 0 Å². The molecular weight excluding hydrogens is 133 g/mol. The molecule has 0 saturated heterocycles. The van der Waals surface area contributed by atoms with Crippen molar-refractivity contribution >= 4 is 13.0 Å². The van der Waals surface area contributed by atoms with Crippen molar-refractivity contribution in [1.29, 1.82) is 0 Å². The summed E-state index contributed by atoms with van der Waals surface area (Å²) in [5, 5.41) is 0. The fourth-order valence-electron chi connectivity index (χ4n) is 1.25. The standard InChI is InChI=1S/C9H15BN/c1-8(2)7-11-5-3-9(10)4-6-11/h3,5,8H,4,6-7H2,1-2H3. The molecule has 0 spiro atoms. The van der Waals surface area contributed by atoms with Crippen LogP contribution in [0.15, 0.2) is 12.3 Å². The Morgan fingerprint density at radius 2 is 2.36 bits per heavy atom. The number of hydrogen-bond donors (Lipinski definition) is 0. The van der Waals surface area contributed by atoms with Crippen molar-refractivity contribution in [2.45, 2.75) is 20.3 Å². The summed E-state index contributed by atoms with van der Waals surface area (Å²) in [7, 11) is 5.63. The molecule has 1 aliphatic rings. The Labute approximate surface area is 70.2 Å². The van der Waals surface area contributed by atoms with Crippen LogP contribution in [0, 0.1) is 5.92 Å². The van der Waals surface area contributed by atoms with Crippen LogP contribution >= 0.6 is 0 Å². The molecule has 0 aromatic heterocycles. The van der Waals surface area contributed by atoms with E-state index in [-0.39, 0.29) is 0 Å². The van der Waals surface area contributed by atoms with Gasteiger partial charge in [0.1, 0.15) is 0 Å². The van der Waals surface area contributed by atoms with E-state index in [9.17, 15) is 0 Å². The molecule has 2 heteroatoms. The second-order valence-corrected chi connectivity index (χ2v) is 3.53. The van der Waals surface area contributed by atoms with Crippen LogP contribution in [-0.4, -0.2) is 30.9 Å². The van der Waals surface area contributed by atoms with Gasteiger partial charge in [0.15, 0.2) is 0 Å². The van der Waals surface area contributed by atoms with Crippen molar-refractivity contribution in [3.8, 4) is 0 Å². The van der Waals surface area contributed by atoms with Crippen molar-refractivity contribution < 1.29 is 0 Å². The molecule has 1 aliphatic heterocycles. The first-order chi connectivity index (χ1) is 5.18. The molecule has 0 unspecified atom stereocenters. The molecule has 0 fully saturated rings. The fourth-order valence-corrected chi connectivity index (χ4v) is 1.25. The van der Waals surface area contributed by atoms with Crippen LogP contribution in [0.25, 0.3) is 0 Å². The molecule has 1 nitrogen and oxygen atoms in total. The van der Waals surface area contributed by atoms with Gasteiger partial charge in [-0.25, -0.2) is 0 Å². The number of allylic oxidation sites excluding steroid dienone is 1. The molecule has 0 saturated carbocycles. The minimum absolute atomic E-state index is 0.735. The van der Waals surface area contributed by atoms with Crippen molar-refractivity contribution in [1.82, 2.24) is 4.90 Å². The average molecular weight is 148 g/mol. The predicted octanol–water partition coefficient (Wildman–Crippen LogP) is 1.20. The normalized spacial score (nSPS) is 18.0. The number of rotatable bonds is 2. The summed E-state index contributed by atoms with van der Waals surface area (Å²) in [6, 6.07) is 0. The minimum atomic E-state index is 0.735. The van der Waals surface area contributed by atoms with Gasteiger partial charge in [0.25, 0.3) is 0 Å². The quantitative estimate of drug-likeness (QED) is 0.532. The van der Waals surface area contributed by atoms with E-state index in [1.165, 1.54) is 0 Å². The summed E-state index contributed by atoms with van der Waals surface area (Å²) in [4.78, 5) is 2.32. The Morgan fingerprint density at radius 1 is 1.64 bits per heavy atom. The third-order valence-electron chi connectivity index (χ3n) is 1.79. The van der Waals surface area contributed by atoms with Gasteiger partial charge in [0.2, 0.25) is 0 Å². The Balaban J connectivity index is 2.38. The SMILES string of the molecule is [B]=C1C=CN(CC(C)C)CC1. The van der Waals surface area contributed by atoms with Gasteiger partial charge in [-0.05, 0) is 0 Å². The van der Waals surface area contributed by atoms with E-state index in [4.69, 9.17) is 7.49 Å². The zero-order chi connectivity index (χ0) is 8.27. The molecule has 0 aromatic carbocycles. The fraction of sp³-hybridized carbons (Fsp3) is 0.667. The van der Waals surface area contributed by atoms with E-state index in [1.54, 1.807) is 0 Å². The second kappa shape index (κ2) is 3.75. The summed E-state index contributed by atoms with van der Waals surface area (Å²) in [5.74, 6) is 0.735. The Bertz CT molecular complexity index is 172. The summed E-state index contributed by atoms with van der Waals surface area (Å²) in [6.07, 6.45) is 5.12. The van der Waals surface area contributed by atoms with Crippen LogP contribution in [0.1, 0.15) is 20.3 Å². The van der Waals surface area contributed by atoms with Crippen LogP contribution in [0.5, 0.6) is 0 Å². The Kier molecular flexibility index (Phi) is 2.92. The molecule has 59 valence electrons. The molecule has 0 aromatic rings. The van der Waals surface area contributed by atoms with Gasteiger partial charge in [0, 0.05) is 0 Å². The average Bonchev–Trinajstić information content (AvgIpc) is 1.93. The first-order valence-electron chi connectivity index (χ1n) is 4.22. The summed E-state index contributed by atoms with van der Waals surface area (Å²) < 4.78 is 0. The van der Waals surface area contributed by atoms with E-state index in [0.29, 0.717) is 0 Å². The van der Waals surface area contributed by atoms with Crippen LogP contribution < -0.4 is 0 Å². The van der Waals surface area contributed by atoms with E-state index in [2.05, 4.69) is 24.9 Å². The molecule has 0 N–H and O–H groups in total. The molecule has 0 amide bonds. The van der Waals surface area contributed by atoms with Crippen molar-refractivity contribution in [2.75, 3.05) is 13.1 Å². The first kappa shape index (κ1) is 8.57. The predicted molar refractivity (Wildman–Crippen MR) is 50.9 cm³/mol. The molecule has 1 rings (SSSR count). The van der Waals surface area contributed by atoms with Crippen LogP contribution in [0.3, 0.4) is 0 Å². The van der Waals surface area contributed by atoms with Gasteiger partial charge in [-0.1, -0.05) is 0 Å². The molecular formula is C9H15BN. The monoisotopic (exact) mass is 148 g/mol. The summed E-state index contributed by atoms with van der Waals surface area (Å²) in [5.41, 5.74) is 1.00. The zero-order valence-electron chi connectivity index (χ0n) is 7.38. The molecule has 0 atom stereocenters. The van der Waals surface area contributed by atoms with Gasteiger partial charge in [-0.15, -0.1) is 0 Å². The van der Waals surface area contributed by atoms with Crippen molar-refractivity contribution in [2.24, 2.45) is 5.92 Å². The van der Waals surface area contributed by atoms with Gasteiger partial charge in [-0.2, -0.15) is 0 Å². The topological polar surface area (TPSA) is 3.24 Å². The molecule has 1 heterocycles.